The number of aliphatic hydroxyl groups excluding tert-OH is 1. The van der Waals surface area contributed by atoms with E-state index in [0.717, 1.165) is 12.2 Å². The van der Waals surface area contributed by atoms with Gasteiger partial charge in [0.05, 0.1) is 6.61 Å². The molecule has 1 aromatic rings. The van der Waals surface area contributed by atoms with Crippen molar-refractivity contribution in [3.63, 3.8) is 0 Å². The highest BCUT2D eigenvalue weighted by molar-refractivity contribution is 5.37. The van der Waals surface area contributed by atoms with Crippen molar-refractivity contribution in [3.05, 3.63) is 29.8 Å². The molecule has 15 heavy (non-hydrogen) atoms. The largest absolute Gasteiger partial charge is 0.478 e. The highest BCUT2D eigenvalue weighted by atomic mass is 16.5. The Morgan fingerprint density at radius 3 is 3.00 bits per heavy atom. The van der Waals surface area contributed by atoms with Crippen LogP contribution < -0.4 is 4.74 Å². The Hall–Kier alpha value is -1.06. The van der Waals surface area contributed by atoms with Gasteiger partial charge in [0, 0.05) is 18.2 Å². The molecule has 0 radical (unpaired) electrons. The fourth-order valence-corrected chi connectivity index (χ4v) is 2.15. The fourth-order valence-electron chi connectivity index (χ4n) is 2.15. The smallest absolute Gasteiger partial charge is 0.142 e. The summed E-state index contributed by atoms with van der Waals surface area (Å²) in [6, 6.07) is 8.52. The first-order chi connectivity index (χ1) is 7.36. The number of ether oxygens (including phenoxy) is 1. The van der Waals surface area contributed by atoms with Gasteiger partial charge in [-0.3, -0.25) is 4.90 Å². The molecule has 1 aliphatic heterocycles. The Bertz CT molecular complexity index is 327. The highest BCUT2D eigenvalue weighted by Crippen LogP contribution is 2.35. The number of fused-ring (bicyclic) bond motifs is 1. The molecular formula is C12H17NO2. The van der Waals surface area contributed by atoms with Crippen LogP contribution in [0.3, 0.4) is 0 Å². The van der Waals surface area contributed by atoms with E-state index in [1.807, 2.05) is 18.2 Å². The second kappa shape index (κ2) is 4.64. The monoisotopic (exact) mass is 207 g/mol. The van der Waals surface area contributed by atoms with Gasteiger partial charge >= 0.3 is 0 Å². The van der Waals surface area contributed by atoms with Gasteiger partial charge in [0.15, 0.2) is 0 Å². The standard InChI is InChI=1S/C12H17NO2/c1-2-11-10-5-3-4-6-12(10)15-9-13(11)7-8-14/h3-6,11,14H,2,7-9H2,1H3/t11-/m0/s1. The summed E-state index contributed by atoms with van der Waals surface area (Å²) in [6.07, 6.45) is 1.04. The lowest BCUT2D eigenvalue weighted by molar-refractivity contribution is 0.0411. The van der Waals surface area contributed by atoms with E-state index < -0.39 is 0 Å². The van der Waals surface area contributed by atoms with Crippen LogP contribution in [0.15, 0.2) is 24.3 Å². The quantitative estimate of drug-likeness (QED) is 0.820. The van der Waals surface area contributed by atoms with Crippen molar-refractivity contribution in [3.8, 4) is 5.75 Å². The van der Waals surface area contributed by atoms with Gasteiger partial charge in [-0.1, -0.05) is 25.1 Å². The molecule has 0 amide bonds. The van der Waals surface area contributed by atoms with Gasteiger partial charge < -0.3 is 9.84 Å². The number of benzene rings is 1. The summed E-state index contributed by atoms with van der Waals surface area (Å²) >= 11 is 0. The zero-order valence-corrected chi connectivity index (χ0v) is 9.02. The van der Waals surface area contributed by atoms with E-state index >= 15 is 0 Å². The Labute approximate surface area is 90.3 Å². The summed E-state index contributed by atoms with van der Waals surface area (Å²) in [5.74, 6) is 0.985. The summed E-state index contributed by atoms with van der Waals surface area (Å²) in [5, 5.41) is 8.98. The molecule has 1 atom stereocenters. The molecule has 0 bridgehead atoms. The number of rotatable bonds is 3. The molecule has 0 saturated carbocycles. The van der Waals surface area contributed by atoms with Crippen LogP contribution in [0.1, 0.15) is 24.9 Å². The molecular weight excluding hydrogens is 190 g/mol. The summed E-state index contributed by atoms with van der Waals surface area (Å²) in [6.45, 7) is 3.60. The molecule has 82 valence electrons. The normalized spacial score (nSPS) is 20.8. The average molecular weight is 207 g/mol. The Balaban J connectivity index is 2.26. The first-order valence-corrected chi connectivity index (χ1v) is 5.43. The lowest BCUT2D eigenvalue weighted by Crippen LogP contribution is -2.38. The summed E-state index contributed by atoms with van der Waals surface area (Å²) < 4.78 is 5.64. The minimum atomic E-state index is 0.183. The Kier molecular flexibility index (Phi) is 3.23. The van der Waals surface area contributed by atoms with Gasteiger partial charge in [0.25, 0.3) is 0 Å². The molecule has 1 heterocycles. The van der Waals surface area contributed by atoms with Gasteiger partial charge in [-0.2, -0.15) is 0 Å². The van der Waals surface area contributed by atoms with E-state index in [4.69, 9.17) is 9.84 Å². The minimum Gasteiger partial charge on any atom is -0.478 e. The van der Waals surface area contributed by atoms with E-state index in [2.05, 4.69) is 17.9 Å². The van der Waals surface area contributed by atoms with Gasteiger partial charge in [0.1, 0.15) is 12.5 Å². The van der Waals surface area contributed by atoms with Gasteiger partial charge in [-0.25, -0.2) is 0 Å². The Morgan fingerprint density at radius 2 is 2.27 bits per heavy atom. The predicted octanol–water partition coefficient (Wildman–Crippen LogP) is 1.78. The summed E-state index contributed by atoms with van der Waals surface area (Å²) in [5.41, 5.74) is 1.24. The molecule has 1 aliphatic rings. The van der Waals surface area contributed by atoms with E-state index in [0.29, 0.717) is 19.3 Å². The number of hydrogen-bond donors (Lipinski definition) is 1. The van der Waals surface area contributed by atoms with Gasteiger partial charge in [-0.15, -0.1) is 0 Å². The molecule has 3 heteroatoms. The van der Waals surface area contributed by atoms with Crippen LogP contribution in [-0.2, 0) is 0 Å². The predicted molar refractivity (Wildman–Crippen MR) is 58.8 cm³/mol. The molecule has 1 N–H and O–H groups in total. The van der Waals surface area contributed by atoms with Gasteiger partial charge in [-0.05, 0) is 12.5 Å². The third kappa shape index (κ3) is 1.98. The number of para-hydroxylation sites is 1. The summed E-state index contributed by atoms with van der Waals surface area (Å²) in [7, 11) is 0. The maximum Gasteiger partial charge on any atom is 0.142 e. The first kappa shape index (κ1) is 10.5. The van der Waals surface area contributed by atoms with E-state index in [-0.39, 0.29) is 6.61 Å². The van der Waals surface area contributed by atoms with Crippen molar-refractivity contribution in [1.82, 2.24) is 4.90 Å². The third-order valence-electron chi connectivity index (χ3n) is 2.88. The second-order valence-corrected chi connectivity index (χ2v) is 3.77. The molecule has 3 nitrogen and oxygen atoms in total. The maximum atomic E-state index is 8.98. The van der Waals surface area contributed by atoms with Crippen LogP contribution in [-0.4, -0.2) is 29.9 Å². The summed E-state index contributed by atoms with van der Waals surface area (Å²) in [4.78, 5) is 2.17. The van der Waals surface area contributed by atoms with E-state index in [9.17, 15) is 0 Å². The zero-order chi connectivity index (χ0) is 10.7. The lowest BCUT2D eigenvalue weighted by Gasteiger charge is -2.36. The Morgan fingerprint density at radius 1 is 1.47 bits per heavy atom. The van der Waals surface area contributed by atoms with Crippen LogP contribution in [0.4, 0.5) is 0 Å². The second-order valence-electron chi connectivity index (χ2n) is 3.77. The molecule has 0 aromatic heterocycles. The molecule has 0 spiro atoms. The zero-order valence-electron chi connectivity index (χ0n) is 9.02. The van der Waals surface area contributed by atoms with Crippen molar-refractivity contribution < 1.29 is 9.84 Å². The van der Waals surface area contributed by atoms with Crippen LogP contribution >= 0.6 is 0 Å². The van der Waals surface area contributed by atoms with Gasteiger partial charge in [0.2, 0.25) is 0 Å². The topological polar surface area (TPSA) is 32.7 Å². The van der Waals surface area contributed by atoms with Crippen LogP contribution in [0.25, 0.3) is 0 Å². The van der Waals surface area contributed by atoms with Crippen molar-refractivity contribution in [1.29, 1.82) is 0 Å². The van der Waals surface area contributed by atoms with Crippen molar-refractivity contribution in [2.45, 2.75) is 19.4 Å². The first-order valence-electron chi connectivity index (χ1n) is 5.43. The molecule has 0 aliphatic carbocycles. The molecule has 0 saturated heterocycles. The van der Waals surface area contributed by atoms with Crippen LogP contribution in [0.2, 0.25) is 0 Å². The lowest BCUT2D eigenvalue weighted by atomic mass is 10.0. The molecule has 1 aromatic carbocycles. The van der Waals surface area contributed by atoms with Crippen LogP contribution in [0.5, 0.6) is 5.75 Å². The number of β-amino-alcohol motifs (C(OH)–C–C–N with tert-alkyl or cyclic N) is 1. The minimum absolute atomic E-state index is 0.183. The maximum absolute atomic E-state index is 8.98. The van der Waals surface area contributed by atoms with E-state index in [1.54, 1.807) is 0 Å². The third-order valence-corrected chi connectivity index (χ3v) is 2.88. The SMILES string of the molecule is CC[C@H]1c2ccccc2OCN1CCO. The number of nitrogens with zero attached hydrogens (tertiary/aromatic N) is 1. The highest BCUT2D eigenvalue weighted by Gasteiger charge is 2.25. The number of aliphatic hydroxyl groups is 1. The van der Waals surface area contributed by atoms with Crippen molar-refractivity contribution >= 4 is 0 Å². The molecule has 2 rings (SSSR count). The van der Waals surface area contributed by atoms with E-state index in [1.165, 1.54) is 5.56 Å². The van der Waals surface area contributed by atoms with Crippen LogP contribution in [0, 0.1) is 0 Å². The molecule has 0 unspecified atom stereocenters. The van der Waals surface area contributed by atoms with Crippen molar-refractivity contribution in [2.75, 3.05) is 19.9 Å². The average Bonchev–Trinajstić information content (AvgIpc) is 2.29. The molecule has 0 fully saturated rings. The number of hydrogen-bond acceptors (Lipinski definition) is 3. The fraction of sp³-hybridized carbons (Fsp3) is 0.500. The van der Waals surface area contributed by atoms with Crippen molar-refractivity contribution in [2.24, 2.45) is 0 Å².